The maximum Gasteiger partial charge on any atom is 0.310 e. The van der Waals surface area contributed by atoms with Crippen LogP contribution in [-0.2, 0) is 16.6 Å². The topological polar surface area (TPSA) is 51.5 Å². The maximum absolute atomic E-state index is 12.3. The van der Waals surface area contributed by atoms with Crippen LogP contribution in [0.25, 0.3) is 0 Å². The van der Waals surface area contributed by atoms with Gasteiger partial charge >= 0.3 is 5.97 Å². The van der Waals surface area contributed by atoms with E-state index >= 15 is 0 Å². The second-order valence-electron chi connectivity index (χ2n) is 4.91. The van der Waals surface area contributed by atoms with Gasteiger partial charge in [0, 0.05) is 32.5 Å². The molecule has 1 aliphatic heterocycles. The Labute approximate surface area is 113 Å². The van der Waals surface area contributed by atoms with Crippen molar-refractivity contribution >= 4 is 11.9 Å². The number of hydrogen-bond acceptors (Lipinski definition) is 3. The van der Waals surface area contributed by atoms with Gasteiger partial charge in [-0.15, -0.1) is 0 Å². The van der Waals surface area contributed by atoms with Crippen LogP contribution >= 0.6 is 0 Å². The molecule has 0 saturated carbocycles. The largest absolute Gasteiger partial charge is 0.466 e. The quantitative estimate of drug-likeness (QED) is 0.776. The highest BCUT2D eigenvalue weighted by Gasteiger charge is 2.29. The molecule has 1 saturated heterocycles. The Balaban J connectivity index is 2.01. The van der Waals surface area contributed by atoms with Crippen molar-refractivity contribution in [1.29, 1.82) is 0 Å². The van der Waals surface area contributed by atoms with E-state index in [1.54, 1.807) is 24.1 Å². The highest BCUT2D eigenvalue weighted by Crippen LogP contribution is 2.20. The second-order valence-corrected chi connectivity index (χ2v) is 4.91. The van der Waals surface area contributed by atoms with Crippen molar-refractivity contribution in [3.63, 3.8) is 0 Å². The van der Waals surface area contributed by atoms with Crippen LogP contribution in [0.3, 0.4) is 0 Å². The number of hydrogen-bond donors (Lipinski definition) is 0. The number of esters is 1. The van der Waals surface area contributed by atoms with Gasteiger partial charge in [0.25, 0.3) is 5.91 Å². The van der Waals surface area contributed by atoms with Crippen molar-refractivity contribution in [2.45, 2.75) is 19.8 Å². The lowest BCUT2D eigenvalue weighted by atomic mass is 9.98. The van der Waals surface area contributed by atoms with E-state index in [4.69, 9.17) is 4.74 Å². The lowest BCUT2D eigenvalue weighted by Gasteiger charge is -2.31. The zero-order valence-corrected chi connectivity index (χ0v) is 11.5. The van der Waals surface area contributed by atoms with Crippen LogP contribution in [0.15, 0.2) is 18.5 Å². The molecule has 1 amide bonds. The van der Waals surface area contributed by atoms with Crippen molar-refractivity contribution in [3.8, 4) is 0 Å². The lowest BCUT2D eigenvalue weighted by Crippen LogP contribution is -2.42. The highest BCUT2D eigenvalue weighted by molar-refractivity contribution is 5.94. The Morgan fingerprint density at radius 1 is 1.47 bits per heavy atom. The Morgan fingerprint density at radius 3 is 2.89 bits per heavy atom. The van der Waals surface area contributed by atoms with Gasteiger partial charge in [0.2, 0.25) is 0 Å². The van der Waals surface area contributed by atoms with Crippen LogP contribution in [0, 0.1) is 5.92 Å². The summed E-state index contributed by atoms with van der Waals surface area (Å²) in [5.41, 5.74) is 0.673. The molecule has 1 aromatic rings. The zero-order chi connectivity index (χ0) is 13.8. The molecule has 1 aliphatic rings. The molecule has 0 bridgehead atoms. The molecule has 1 aromatic heterocycles. The average molecular weight is 264 g/mol. The summed E-state index contributed by atoms with van der Waals surface area (Å²) in [4.78, 5) is 25.8. The molecule has 2 rings (SSSR count). The van der Waals surface area contributed by atoms with Gasteiger partial charge in [-0.2, -0.15) is 0 Å². The van der Waals surface area contributed by atoms with Crippen LogP contribution in [0.5, 0.6) is 0 Å². The van der Waals surface area contributed by atoms with Crippen molar-refractivity contribution < 1.29 is 14.3 Å². The summed E-state index contributed by atoms with van der Waals surface area (Å²) in [5.74, 6) is -0.371. The summed E-state index contributed by atoms with van der Waals surface area (Å²) in [5, 5.41) is 0. The van der Waals surface area contributed by atoms with Crippen molar-refractivity contribution in [3.05, 3.63) is 24.0 Å². The number of likely N-dealkylation sites (tertiary alicyclic amines) is 1. The molecule has 0 N–H and O–H groups in total. The average Bonchev–Trinajstić information content (AvgIpc) is 2.85. The Bertz CT molecular complexity index is 467. The molecule has 5 nitrogen and oxygen atoms in total. The Kier molecular flexibility index (Phi) is 4.24. The summed E-state index contributed by atoms with van der Waals surface area (Å²) >= 11 is 0. The fraction of sp³-hybridized carbons (Fsp3) is 0.571. The first-order valence-electron chi connectivity index (χ1n) is 6.69. The molecule has 19 heavy (non-hydrogen) atoms. The third kappa shape index (κ3) is 3.16. The second kappa shape index (κ2) is 5.91. The summed E-state index contributed by atoms with van der Waals surface area (Å²) in [6.45, 7) is 3.37. The predicted octanol–water partition coefficient (Wildman–Crippen LogP) is 1.44. The number of carbonyl (C=O) groups excluding carboxylic acids is 2. The van der Waals surface area contributed by atoms with Gasteiger partial charge in [-0.1, -0.05) is 0 Å². The molecule has 5 heteroatoms. The van der Waals surface area contributed by atoms with E-state index in [0.717, 1.165) is 12.8 Å². The number of ether oxygens (including phenoxy) is 1. The molecule has 104 valence electrons. The van der Waals surface area contributed by atoms with E-state index in [1.165, 1.54) is 0 Å². The van der Waals surface area contributed by atoms with Gasteiger partial charge in [-0.3, -0.25) is 9.59 Å². The summed E-state index contributed by atoms with van der Waals surface area (Å²) in [7, 11) is 1.88. The number of nitrogens with zero attached hydrogens (tertiary/aromatic N) is 2. The predicted molar refractivity (Wildman–Crippen MR) is 70.7 cm³/mol. The molecule has 0 radical (unpaired) electrons. The van der Waals surface area contributed by atoms with Crippen LogP contribution in [0.1, 0.15) is 30.1 Å². The van der Waals surface area contributed by atoms with Crippen LogP contribution in [-0.4, -0.2) is 41.0 Å². The molecule has 1 atom stereocenters. The van der Waals surface area contributed by atoms with E-state index in [1.807, 2.05) is 17.8 Å². The van der Waals surface area contributed by atoms with E-state index in [-0.39, 0.29) is 17.8 Å². The first-order chi connectivity index (χ1) is 9.11. The molecule has 0 spiro atoms. The maximum atomic E-state index is 12.3. The van der Waals surface area contributed by atoms with Gasteiger partial charge in [0.15, 0.2) is 0 Å². The summed E-state index contributed by atoms with van der Waals surface area (Å²) in [6.07, 6.45) is 5.30. The smallest absolute Gasteiger partial charge is 0.310 e. The SMILES string of the molecule is CCOC(=O)C1CCCN(C(=O)c2ccn(C)c2)C1. The third-order valence-electron chi connectivity index (χ3n) is 3.41. The zero-order valence-electron chi connectivity index (χ0n) is 11.5. The fourth-order valence-electron chi connectivity index (χ4n) is 2.43. The fourth-order valence-corrected chi connectivity index (χ4v) is 2.43. The lowest BCUT2D eigenvalue weighted by molar-refractivity contribution is -0.149. The number of amides is 1. The monoisotopic (exact) mass is 264 g/mol. The van der Waals surface area contributed by atoms with Gasteiger partial charge in [0.1, 0.15) is 0 Å². The van der Waals surface area contributed by atoms with Gasteiger partial charge in [-0.05, 0) is 25.8 Å². The molecule has 0 aliphatic carbocycles. The molecular weight excluding hydrogens is 244 g/mol. The molecule has 1 unspecified atom stereocenters. The minimum absolute atomic E-state index is 0.00500. The summed E-state index contributed by atoms with van der Waals surface area (Å²) in [6, 6.07) is 1.80. The minimum Gasteiger partial charge on any atom is -0.466 e. The number of carbonyl (C=O) groups is 2. The molecular formula is C14H20N2O3. The highest BCUT2D eigenvalue weighted by atomic mass is 16.5. The molecule has 0 aromatic carbocycles. The van der Waals surface area contributed by atoms with Gasteiger partial charge in [0.05, 0.1) is 18.1 Å². The molecule has 2 heterocycles. The molecule has 1 fully saturated rings. The standard InChI is InChI=1S/C14H20N2O3/c1-3-19-14(18)12-5-4-7-16(10-12)13(17)11-6-8-15(2)9-11/h6,8-9,12H,3-5,7,10H2,1-2H3. The summed E-state index contributed by atoms with van der Waals surface area (Å²) < 4.78 is 6.89. The van der Waals surface area contributed by atoms with Crippen LogP contribution < -0.4 is 0 Å². The Hall–Kier alpha value is -1.78. The van der Waals surface area contributed by atoms with Crippen molar-refractivity contribution in [2.24, 2.45) is 13.0 Å². The van der Waals surface area contributed by atoms with E-state index < -0.39 is 0 Å². The number of piperidine rings is 1. The van der Waals surface area contributed by atoms with Crippen molar-refractivity contribution in [2.75, 3.05) is 19.7 Å². The normalized spacial score (nSPS) is 19.3. The van der Waals surface area contributed by atoms with E-state index in [9.17, 15) is 9.59 Å². The number of rotatable bonds is 3. The van der Waals surface area contributed by atoms with Crippen LogP contribution in [0.4, 0.5) is 0 Å². The minimum atomic E-state index is -0.187. The Morgan fingerprint density at radius 2 is 2.26 bits per heavy atom. The van der Waals surface area contributed by atoms with E-state index in [2.05, 4.69) is 0 Å². The van der Waals surface area contributed by atoms with E-state index in [0.29, 0.717) is 25.3 Å². The third-order valence-corrected chi connectivity index (χ3v) is 3.41. The van der Waals surface area contributed by atoms with Crippen LogP contribution in [0.2, 0.25) is 0 Å². The number of aryl methyl sites for hydroxylation is 1. The first kappa shape index (κ1) is 13.6. The number of aromatic nitrogens is 1. The van der Waals surface area contributed by atoms with Crippen molar-refractivity contribution in [1.82, 2.24) is 9.47 Å². The first-order valence-corrected chi connectivity index (χ1v) is 6.69. The van der Waals surface area contributed by atoms with Gasteiger partial charge in [-0.25, -0.2) is 0 Å². The van der Waals surface area contributed by atoms with Gasteiger partial charge < -0.3 is 14.2 Å².